The number of aromatic nitrogens is 5. The lowest BCUT2D eigenvalue weighted by molar-refractivity contribution is -0.126. The molecule has 1 aliphatic heterocycles. The lowest BCUT2D eigenvalue weighted by atomic mass is 9.93. The number of H-pyrrole nitrogens is 1. The van der Waals surface area contributed by atoms with E-state index in [4.69, 9.17) is 10.5 Å². The molecular weight excluding hydrogens is 488 g/mol. The van der Waals surface area contributed by atoms with Crippen LogP contribution in [0.3, 0.4) is 0 Å². The van der Waals surface area contributed by atoms with Gasteiger partial charge in [-0.2, -0.15) is 9.94 Å². The van der Waals surface area contributed by atoms with Crippen LogP contribution in [0.15, 0.2) is 54.6 Å². The molecule has 0 bridgehead atoms. The molecule has 12 nitrogen and oxygen atoms in total. The van der Waals surface area contributed by atoms with Gasteiger partial charge in [0.1, 0.15) is 12.1 Å². The number of carbonyl (C=O) groups excluding carboxylic acids is 3. The van der Waals surface area contributed by atoms with Gasteiger partial charge in [0.2, 0.25) is 5.82 Å². The molecule has 0 saturated carbocycles. The number of aromatic amines is 1. The quantitative estimate of drug-likeness (QED) is 0.225. The lowest BCUT2D eigenvalue weighted by Gasteiger charge is -2.28. The Morgan fingerprint density at radius 3 is 2.50 bits per heavy atom. The number of likely N-dealkylation sites (tertiary alicyclic amines) is 1. The highest BCUT2D eigenvalue weighted by molar-refractivity contribution is 6.45. The van der Waals surface area contributed by atoms with Crippen molar-refractivity contribution in [2.24, 2.45) is 5.73 Å². The molecule has 38 heavy (non-hydrogen) atoms. The minimum absolute atomic E-state index is 0.115. The second-order valence-corrected chi connectivity index (χ2v) is 8.56. The lowest BCUT2D eigenvalue weighted by Crippen LogP contribution is -2.40. The van der Waals surface area contributed by atoms with E-state index in [0.29, 0.717) is 42.4 Å². The summed E-state index contributed by atoms with van der Waals surface area (Å²) in [5.41, 5.74) is 8.13. The van der Waals surface area contributed by atoms with E-state index >= 15 is 0 Å². The van der Waals surface area contributed by atoms with E-state index in [1.165, 1.54) is 35.4 Å². The largest absolute Gasteiger partial charge is 0.494 e. The van der Waals surface area contributed by atoms with Gasteiger partial charge in [-0.05, 0) is 24.0 Å². The third-order valence-corrected chi connectivity index (χ3v) is 6.42. The van der Waals surface area contributed by atoms with E-state index in [2.05, 4.69) is 26.1 Å². The Hall–Kier alpha value is -5.31. The molecule has 0 atom stereocenters. The number of pyridine rings is 1. The van der Waals surface area contributed by atoms with Crippen LogP contribution in [0, 0.1) is 11.3 Å². The van der Waals surface area contributed by atoms with Gasteiger partial charge in [0.05, 0.1) is 41.4 Å². The van der Waals surface area contributed by atoms with Gasteiger partial charge in [-0.1, -0.05) is 30.3 Å². The van der Waals surface area contributed by atoms with Gasteiger partial charge in [-0.3, -0.25) is 14.4 Å². The minimum Gasteiger partial charge on any atom is -0.494 e. The zero-order chi connectivity index (χ0) is 26.8. The van der Waals surface area contributed by atoms with Crippen molar-refractivity contribution in [3.8, 4) is 17.6 Å². The van der Waals surface area contributed by atoms with Crippen LogP contribution in [0.4, 0.5) is 0 Å². The number of hydrogen-bond acceptors (Lipinski definition) is 8. The first-order chi connectivity index (χ1) is 18.4. The molecule has 1 aromatic carbocycles. The van der Waals surface area contributed by atoms with Crippen LogP contribution < -0.4 is 10.5 Å². The van der Waals surface area contributed by atoms with E-state index in [0.717, 1.165) is 11.1 Å². The molecule has 12 heteroatoms. The number of ether oxygens (including phenoxy) is 1. The smallest absolute Gasteiger partial charge is 0.295 e. The number of benzene rings is 1. The van der Waals surface area contributed by atoms with Crippen molar-refractivity contribution in [3.05, 3.63) is 71.6 Å². The number of nitriles is 1. The van der Waals surface area contributed by atoms with Crippen LogP contribution in [0.2, 0.25) is 0 Å². The number of methoxy groups -OCH3 is 1. The van der Waals surface area contributed by atoms with E-state index < -0.39 is 17.6 Å². The molecule has 0 spiro atoms. The number of rotatable bonds is 6. The number of allylic oxidation sites excluding steroid dienone is 1. The van der Waals surface area contributed by atoms with E-state index in [-0.39, 0.29) is 23.0 Å². The minimum atomic E-state index is -0.799. The molecule has 190 valence electrons. The Kier molecular flexibility index (Phi) is 6.40. The Morgan fingerprint density at radius 2 is 1.87 bits per heavy atom. The Balaban J connectivity index is 1.42. The average Bonchev–Trinajstić information content (AvgIpc) is 3.62. The van der Waals surface area contributed by atoms with Gasteiger partial charge in [-0.15, -0.1) is 5.10 Å². The molecule has 4 heterocycles. The van der Waals surface area contributed by atoms with Gasteiger partial charge >= 0.3 is 0 Å². The normalized spacial score (nSPS) is 13.3. The summed E-state index contributed by atoms with van der Waals surface area (Å²) in [5, 5.41) is 14.1. The summed E-state index contributed by atoms with van der Waals surface area (Å²) in [6.45, 7) is 0.637. The summed E-state index contributed by atoms with van der Waals surface area (Å²) in [7, 11) is 1.43. The number of ketones is 1. The maximum absolute atomic E-state index is 13.4. The number of nitrogens with one attached hydrogen (secondary N) is 1. The predicted octanol–water partition coefficient (Wildman–Crippen LogP) is 2.03. The monoisotopic (exact) mass is 510 g/mol. The summed E-state index contributed by atoms with van der Waals surface area (Å²) in [6.07, 6.45) is 5.07. The summed E-state index contributed by atoms with van der Waals surface area (Å²) in [4.78, 5) is 50.6. The summed E-state index contributed by atoms with van der Waals surface area (Å²) >= 11 is 0. The molecule has 1 aliphatic rings. The van der Waals surface area contributed by atoms with Crippen molar-refractivity contribution in [1.82, 2.24) is 29.6 Å². The topological polar surface area (TPSA) is 173 Å². The van der Waals surface area contributed by atoms with Crippen molar-refractivity contribution in [3.63, 3.8) is 0 Å². The maximum Gasteiger partial charge on any atom is 0.295 e. The molecule has 4 aromatic rings. The first kappa shape index (κ1) is 24.4. The highest BCUT2D eigenvalue weighted by Gasteiger charge is 2.30. The van der Waals surface area contributed by atoms with Crippen molar-refractivity contribution in [2.45, 2.75) is 12.8 Å². The van der Waals surface area contributed by atoms with E-state index in [9.17, 15) is 19.6 Å². The standard InChI is InChI=1S/C26H22N8O4/c1-38-19-13-30-25(34-14-31-24(32-34)23(28)36)21-20(19)18(12-29-21)22(35)26(37)33-9-7-16(8-10-33)17(11-27)15-5-3-2-4-6-15/h2-6,12-14,29H,7-10H2,1H3,(H2,28,36). The van der Waals surface area contributed by atoms with Crippen molar-refractivity contribution < 1.29 is 19.1 Å². The Bertz CT molecular complexity index is 1630. The van der Waals surface area contributed by atoms with Gasteiger partial charge in [0.25, 0.3) is 17.6 Å². The number of carbonyl (C=O) groups is 3. The highest BCUT2D eigenvalue weighted by Crippen LogP contribution is 2.32. The molecule has 2 amide bonds. The molecule has 1 fully saturated rings. The predicted molar refractivity (Wildman–Crippen MR) is 135 cm³/mol. The van der Waals surface area contributed by atoms with Gasteiger partial charge in [-0.25, -0.2) is 9.97 Å². The van der Waals surface area contributed by atoms with Crippen molar-refractivity contribution in [2.75, 3.05) is 20.2 Å². The van der Waals surface area contributed by atoms with Crippen LogP contribution in [-0.2, 0) is 4.79 Å². The molecule has 5 rings (SSSR count). The fourth-order valence-electron chi connectivity index (χ4n) is 4.53. The second kappa shape index (κ2) is 9.98. The number of piperidine rings is 1. The Labute approximate surface area is 216 Å². The zero-order valence-electron chi connectivity index (χ0n) is 20.3. The molecule has 3 N–H and O–H groups in total. The van der Waals surface area contributed by atoms with Crippen LogP contribution in [0.5, 0.6) is 5.75 Å². The molecule has 0 unspecified atom stereocenters. The molecular formula is C26H22N8O4. The number of Topliss-reactive ketones (excluding diaryl/α,β-unsaturated/α-hetero) is 1. The fourth-order valence-corrected chi connectivity index (χ4v) is 4.53. The van der Waals surface area contributed by atoms with Crippen LogP contribution in [-0.4, -0.2) is 67.4 Å². The van der Waals surface area contributed by atoms with Crippen molar-refractivity contribution >= 4 is 34.1 Å². The van der Waals surface area contributed by atoms with Gasteiger partial charge < -0.3 is 20.4 Å². The van der Waals surface area contributed by atoms with E-state index in [1.807, 2.05) is 30.3 Å². The fraction of sp³-hybridized carbons (Fsp3) is 0.192. The first-order valence-electron chi connectivity index (χ1n) is 11.7. The first-order valence-corrected chi connectivity index (χ1v) is 11.7. The SMILES string of the molecule is COc1cnc(-n2cnc(C(N)=O)n2)c2[nH]cc(C(=O)C(=O)N3CCC(=C(C#N)c4ccccc4)CC3)c12. The summed E-state index contributed by atoms with van der Waals surface area (Å²) < 4.78 is 6.66. The number of primary amides is 1. The van der Waals surface area contributed by atoms with Gasteiger partial charge in [0, 0.05) is 19.3 Å². The summed E-state index contributed by atoms with van der Waals surface area (Å²) in [6, 6.07) is 11.7. The van der Waals surface area contributed by atoms with E-state index in [1.54, 1.807) is 0 Å². The number of amides is 2. The zero-order valence-corrected chi connectivity index (χ0v) is 20.3. The number of nitrogens with two attached hydrogens (primary N) is 1. The third kappa shape index (κ3) is 4.26. The third-order valence-electron chi connectivity index (χ3n) is 6.42. The molecule has 0 aliphatic carbocycles. The van der Waals surface area contributed by atoms with Crippen LogP contribution >= 0.6 is 0 Å². The number of fused-ring (bicyclic) bond motifs is 1. The van der Waals surface area contributed by atoms with Crippen molar-refractivity contribution in [1.29, 1.82) is 5.26 Å². The Morgan fingerprint density at radius 1 is 1.13 bits per heavy atom. The summed E-state index contributed by atoms with van der Waals surface area (Å²) in [5.74, 6) is -1.84. The number of hydrogen-bond donors (Lipinski definition) is 2. The molecule has 1 saturated heterocycles. The highest BCUT2D eigenvalue weighted by atomic mass is 16.5. The number of nitrogens with zero attached hydrogens (tertiary/aromatic N) is 6. The second-order valence-electron chi connectivity index (χ2n) is 8.56. The molecule has 3 aromatic heterocycles. The van der Waals surface area contributed by atoms with Gasteiger partial charge in [0.15, 0.2) is 5.82 Å². The van der Waals surface area contributed by atoms with Crippen LogP contribution in [0.25, 0.3) is 22.3 Å². The van der Waals surface area contributed by atoms with Crippen LogP contribution in [0.1, 0.15) is 39.4 Å². The average molecular weight is 511 g/mol. The maximum atomic E-state index is 13.4. The molecule has 0 radical (unpaired) electrons.